The average molecular weight is 294 g/mol. The Morgan fingerprint density at radius 2 is 1.71 bits per heavy atom. The van der Waals surface area contributed by atoms with Gasteiger partial charge in [-0.25, -0.2) is 0 Å². The van der Waals surface area contributed by atoms with Crippen molar-refractivity contribution in [2.75, 3.05) is 54.6 Å². The summed E-state index contributed by atoms with van der Waals surface area (Å²) in [7, 11) is 7.04. The summed E-state index contributed by atoms with van der Waals surface area (Å²) in [5.41, 5.74) is 0.876. The first-order valence-corrected chi connectivity index (χ1v) is 7.08. The minimum atomic E-state index is 0.590. The lowest BCUT2D eigenvalue weighted by Gasteiger charge is -2.27. The molecule has 0 saturated carbocycles. The molecular formula is C15H24N3O3+. The highest BCUT2D eigenvalue weighted by Crippen LogP contribution is 2.38. The Hall–Kier alpha value is -1.95. The molecule has 1 aliphatic heterocycles. The van der Waals surface area contributed by atoms with Crippen molar-refractivity contribution in [1.29, 1.82) is 0 Å². The number of hydrazone groups is 1. The van der Waals surface area contributed by atoms with E-state index in [-0.39, 0.29) is 0 Å². The standard InChI is InChI=1S/C15H23N3O3/c1-17-7-9-18(10-8-17)16-11-12-5-6-13(19-2)15(21-4)14(12)20-3/h5-6,11H,7-10H2,1-4H3/p+1/b16-11-. The number of likely N-dealkylation sites (N-methyl/N-ethyl adjacent to an activating group) is 1. The van der Waals surface area contributed by atoms with Crippen molar-refractivity contribution in [3.05, 3.63) is 17.7 Å². The van der Waals surface area contributed by atoms with E-state index < -0.39 is 0 Å². The maximum absolute atomic E-state index is 5.45. The van der Waals surface area contributed by atoms with Crippen LogP contribution in [0.5, 0.6) is 17.2 Å². The van der Waals surface area contributed by atoms with Gasteiger partial charge in [-0.05, 0) is 12.1 Å². The Morgan fingerprint density at radius 3 is 2.29 bits per heavy atom. The van der Waals surface area contributed by atoms with Gasteiger partial charge < -0.3 is 19.1 Å². The summed E-state index contributed by atoms with van der Waals surface area (Å²) in [5, 5.41) is 6.63. The van der Waals surface area contributed by atoms with Crippen molar-refractivity contribution in [2.24, 2.45) is 5.10 Å². The van der Waals surface area contributed by atoms with Crippen molar-refractivity contribution in [3.8, 4) is 17.2 Å². The Balaban J connectivity index is 2.19. The van der Waals surface area contributed by atoms with Crippen LogP contribution in [0, 0.1) is 0 Å². The van der Waals surface area contributed by atoms with Crippen molar-refractivity contribution in [2.45, 2.75) is 0 Å². The molecule has 0 aromatic heterocycles. The maximum atomic E-state index is 5.45. The van der Waals surface area contributed by atoms with Crippen molar-refractivity contribution in [3.63, 3.8) is 0 Å². The zero-order chi connectivity index (χ0) is 15.2. The van der Waals surface area contributed by atoms with Gasteiger partial charge in [0.05, 0.1) is 60.8 Å². The highest BCUT2D eigenvalue weighted by molar-refractivity contribution is 5.86. The molecule has 0 radical (unpaired) electrons. The first-order valence-electron chi connectivity index (χ1n) is 7.08. The zero-order valence-corrected chi connectivity index (χ0v) is 13.2. The van der Waals surface area contributed by atoms with Crippen molar-refractivity contribution >= 4 is 6.21 Å². The van der Waals surface area contributed by atoms with Gasteiger partial charge in [-0.1, -0.05) is 0 Å². The molecule has 0 aliphatic carbocycles. The van der Waals surface area contributed by atoms with Gasteiger partial charge in [0.1, 0.15) is 0 Å². The lowest BCUT2D eigenvalue weighted by Crippen LogP contribution is -3.11. The molecule has 1 saturated heterocycles. The third kappa shape index (κ3) is 3.58. The highest BCUT2D eigenvalue weighted by Gasteiger charge is 2.16. The summed E-state index contributed by atoms with van der Waals surface area (Å²) in [6.07, 6.45) is 1.82. The van der Waals surface area contributed by atoms with E-state index in [2.05, 4.69) is 17.2 Å². The molecule has 6 heteroatoms. The molecule has 0 amide bonds. The fraction of sp³-hybridized carbons (Fsp3) is 0.533. The van der Waals surface area contributed by atoms with Gasteiger partial charge in [0.25, 0.3) is 0 Å². The third-order valence-electron chi connectivity index (χ3n) is 3.69. The van der Waals surface area contributed by atoms with E-state index >= 15 is 0 Å². The Morgan fingerprint density at radius 1 is 1.05 bits per heavy atom. The first-order chi connectivity index (χ1) is 10.2. The number of benzene rings is 1. The summed E-state index contributed by atoms with van der Waals surface area (Å²) in [6, 6.07) is 3.78. The SMILES string of the molecule is COc1ccc(/C=N\N2CC[NH+](C)CC2)c(OC)c1OC. The van der Waals surface area contributed by atoms with Crippen molar-refractivity contribution < 1.29 is 19.1 Å². The minimum absolute atomic E-state index is 0.590. The number of hydrogen-bond acceptors (Lipinski definition) is 5. The largest absolute Gasteiger partial charge is 0.493 e. The second-order valence-electron chi connectivity index (χ2n) is 5.08. The lowest BCUT2D eigenvalue weighted by molar-refractivity contribution is -0.884. The lowest BCUT2D eigenvalue weighted by atomic mass is 10.2. The monoisotopic (exact) mass is 294 g/mol. The molecule has 0 spiro atoms. The van der Waals surface area contributed by atoms with Gasteiger partial charge in [-0.2, -0.15) is 5.10 Å². The second kappa shape index (κ2) is 7.17. The molecule has 0 atom stereocenters. The van der Waals surface area contributed by atoms with E-state index in [4.69, 9.17) is 14.2 Å². The number of nitrogens with zero attached hydrogens (tertiary/aromatic N) is 2. The van der Waals surface area contributed by atoms with E-state index in [9.17, 15) is 0 Å². The molecule has 6 nitrogen and oxygen atoms in total. The van der Waals surface area contributed by atoms with Gasteiger partial charge in [0.2, 0.25) is 5.75 Å². The average Bonchev–Trinajstić information content (AvgIpc) is 2.53. The number of ether oxygens (including phenoxy) is 3. The molecular weight excluding hydrogens is 270 g/mol. The smallest absolute Gasteiger partial charge is 0.203 e. The molecule has 1 aromatic rings. The van der Waals surface area contributed by atoms with Crippen LogP contribution in [0.4, 0.5) is 0 Å². The summed E-state index contributed by atoms with van der Waals surface area (Å²) >= 11 is 0. The fourth-order valence-corrected chi connectivity index (χ4v) is 2.36. The van der Waals surface area contributed by atoms with Gasteiger partial charge in [0.15, 0.2) is 11.5 Å². The quantitative estimate of drug-likeness (QED) is 0.769. The van der Waals surface area contributed by atoms with E-state index in [1.165, 1.54) is 0 Å². The van der Waals surface area contributed by atoms with E-state index in [0.717, 1.165) is 31.7 Å². The van der Waals surface area contributed by atoms with Crippen LogP contribution in [0.3, 0.4) is 0 Å². The molecule has 0 bridgehead atoms. The number of piperazine rings is 1. The Bertz CT molecular complexity index is 497. The fourth-order valence-electron chi connectivity index (χ4n) is 2.36. The van der Waals surface area contributed by atoms with Crippen LogP contribution in [0.25, 0.3) is 0 Å². The minimum Gasteiger partial charge on any atom is -0.493 e. The maximum Gasteiger partial charge on any atom is 0.203 e. The number of nitrogens with one attached hydrogen (secondary N) is 1. The molecule has 1 fully saturated rings. The number of quaternary nitrogens is 1. The van der Waals surface area contributed by atoms with Gasteiger partial charge in [-0.3, -0.25) is 5.01 Å². The predicted octanol–water partition coefficient (Wildman–Crippen LogP) is -0.123. The van der Waals surface area contributed by atoms with Crippen molar-refractivity contribution in [1.82, 2.24) is 5.01 Å². The van der Waals surface area contributed by atoms with Crippen LogP contribution in [-0.2, 0) is 0 Å². The summed E-state index contributed by atoms with van der Waals surface area (Å²) in [6.45, 7) is 4.16. The molecule has 0 unspecified atom stereocenters. The second-order valence-corrected chi connectivity index (χ2v) is 5.08. The Labute approximate surface area is 125 Å². The van der Waals surface area contributed by atoms with E-state index in [1.807, 2.05) is 18.3 Å². The van der Waals surface area contributed by atoms with Crippen LogP contribution < -0.4 is 19.1 Å². The first kappa shape index (κ1) is 15.4. The van der Waals surface area contributed by atoms with Crippen LogP contribution in [-0.4, -0.2) is 65.8 Å². The number of methoxy groups -OCH3 is 3. The summed E-state index contributed by atoms with van der Waals surface area (Å²) < 4.78 is 16.1. The van der Waals surface area contributed by atoms with Gasteiger partial charge >= 0.3 is 0 Å². The van der Waals surface area contributed by atoms with Crippen LogP contribution >= 0.6 is 0 Å². The molecule has 2 rings (SSSR count). The molecule has 1 N–H and O–H groups in total. The number of rotatable bonds is 5. The van der Waals surface area contributed by atoms with Crippen LogP contribution in [0.2, 0.25) is 0 Å². The zero-order valence-electron chi connectivity index (χ0n) is 13.2. The third-order valence-corrected chi connectivity index (χ3v) is 3.69. The Kier molecular flexibility index (Phi) is 5.27. The van der Waals surface area contributed by atoms with E-state index in [0.29, 0.717) is 17.2 Å². The van der Waals surface area contributed by atoms with E-state index in [1.54, 1.807) is 26.2 Å². The molecule has 116 valence electrons. The van der Waals surface area contributed by atoms with Gasteiger partial charge in [0, 0.05) is 5.56 Å². The van der Waals surface area contributed by atoms with Gasteiger partial charge in [-0.15, -0.1) is 0 Å². The normalized spacial score (nSPS) is 16.3. The summed E-state index contributed by atoms with van der Waals surface area (Å²) in [4.78, 5) is 1.55. The highest BCUT2D eigenvalue weighted by atomic mass is 16.5. The predicted molar refractivity (Wildman–Crippen MR) is 81.9 cm³/mol. The molecule has 1 aromatic carbocycles. The number of hydrogen-bond donors (Lipinski definition) is 1. The summed E-state index contributed by atoms with van der Waals surface area (Å²) in [5.74, 6) is 1.88. The molecule has 1 aliphatic rings. The molecule has 21 heavy (non-hydrogen) atoms. The molecule has 1 heterocycles. The van der Waals surface area contributed by atoms with Crippen LogP contribution in [0.15, 0.2) is 17.2 Å². The topological polar surface area (TPSA) is 47.7 Å². The van der Waals surface area contributed by atoms with Crippen LogP contribution in [0.1, 0.15) is 5.56 Å².